The molecule has 3 fully saturated rings. The molecule has 1 amide bonds. The molecule has 1 aromatic carbocycles. The molecule has 158 valence electrons. The molecular formula is C20H26BrN8O+. The van der Waals surface area contributed by atoms with E-state index in [1.165, 1.54) is 18.7 Å². The largest absolute Gasteiger partial charge is 0.382 e. The van der Waals surface area contributed by atoms with Crippen molar-refractivity contribution >= 4 is 39.4 Å². The molecule has 1 atom stereocenters. The molecule has 3 saturated heterocycles. The lowest BCUT2D eigenvalue weighted by atomic mass is 9.81. The van der Waals surface area contributed by atoms with Crippen LogP contribution in [0.3, 0.4) is 0 Å². The minimum Gasteiger partial charge on any atom is -0.382 e. The zero-order valence-electron chi connectivity index (χ0n) is 16.6. The summed E-state index contributed by atoms with van der Waals surface area (Å²) in [5.41, 5.74) is 18.7. The number of quaternary nitrogens is 1. The molecule has 0 spiro atoms. The summed E-state index contributed by atoms with van der Waals surface area (Å²) in [6, 6.07) is 10.7. The van der Waals surface area contributed by atoms with Crippen LogP contribution < -0.4 is 22.5 Å². The van der Waals surface area contributed by atoms with Gasteiger partial charge in [-0.25, -0.2) is 9.97 Å². The van der Waals surface area contributed by atoms with Crippen molar-refractivity contribution in [1.29, 1.82) is 0 Å². The number of aliphatic imine (C=N–C) groups is 1. The van der Waals surface area contributed by atoms with Crippen LogP contribution in [0, 0.1) is 5.92 Å². The van der Waals surface area contributed by atoms with Crippen molar-refractivity contribution < 1.29 is 9.28 Å². The summed E-state index contributed by atoms with van der Waals surface area (Å²) in [5, 5.41) is 3.27. The average Bonchev–Trinajstić information content (AvgIpc) is 2.71. The van der Waals surface area contributed by atoms with E-state index in [4.69, 9.17) is 17.2 Å². The molecule has 2 bridgehead atoms. The molecule has 10 heteroatoms. The summed E-state index contributed by atoms with van der Waals surface area (Å²) in [4.78, 5) is 24.4. The first-order chi connectivity index (χ1) is 14.3. The number of nitrogens with zero attached hydrogens (tertiary/aromatic N) is 4. The molecule has 3 aliphatic heterocycles. The predicted molar refractivity (Wildman–Crippen MR) is 119 cm³/mol. The van der Waals surface area contributed by atoms with Gasteiger partial charge in [-0.3, -0.25) is 4.79 Å². The summed E-state index contributed by atoms with van der Waals surface area (Å²) >= 11 is 3.15. The highest BCUT2D eigenvalue weighted by molar-refractivity contribution is 9.10. The van der Waals surface area contributed by atoms with Crippen LogP contribution in [0.25, 0.3) is 0 Å². The van der Waals surface area contributed by atoms with Gasteiger partial charge in [0, 0.05) is 18.4 Å². The van der Waals surface area contributed by atoms with Crippen molar-refractivity contribution in [1.82, 2.24) is 15.3 Å². The first kappa shape index (κ1) is 20.5. The fourth-order valence-electron chi connectivity index (χ4n) is 4.63. The number of hydrogen-bond acceptors (Lipinski definition) is 5. The third kappa shape index (κ3) is 4.24. The van der Waals surface area contributed by atoms with E-state index in [1.807, 2.05) is 6.07 Å². The lowest BCUT2D eigenvalue weighted by Gasteiger charge is -2.52. The molecule has 0 unspecified atom stereocenters. The van der Waals surface area contributed by atoms with Crippen molar-refractivity contribution in [2.45, 2.75) is 25.4 Å². The van der Waals surface area contributed by atoms with E-state index in [0.717, 1.165) is 30.4 Å². The molecule has 0 aliphatic carbocycles. The second-order valence-electron chi connectivity index (χ2n) is 8.14. The van der Waals surface area contributed by atoms with E-state index in [-0.39, 0.29) is 33.9 Å². The number of carbonyl (C=O) groups is 1. The maximum atomic E-state index is 12.5. The Kier molecular flexibility index (Phi) is 5.61. The molecule has 0 saturated carbocycles. The summed E-state index contributed by atoms with van der Waals surface area (Å²) in [5.74, 6) is -0.0163. The monoisotopic (exact) mass is 473 g/mol. The maximum absolute atomic E-state index is 12.5. The van der Waals surface area contributed by atoms with Crippen LogP contribution >= 0.6 is 15.9 Å². The Morgan fingerprint density at radius 2 is 1.87 bits per heavy atom. The number of halogens is 1. The Labute approximate surface area is 183 Å². The molecule has 0 radical (unpaired) electrons. The van der Waals surface area contributed by atoms with Crippen LogP contribution in [0.5, 0.6) is 0 Å². The Balaban J connectivity index is 1.46. The van der Waals surface area contributed by atoms with Gasteiger partial charge < -0.3 is 27.0 Å². The standard InChI is InChI=1S/C20H25BrN8O/c21-16-18(23)27-17(22)15(26-16)19(30)28-20(24)25-14-11-29(8-6-13(14)7-9-29)10-12-4-2-1-3-5-12/h1-5,13-14H,6-11H2,(H6-,22,23,24,25,27,28,30)/p+1/t13?,14-,29?/m1/s1. The smallest absolute Gasteiger partial charge is 0.302 e. The number of anilines is 2. The van der Waals surface area contributed by atoms with Crippen molar-refractivity contribution in [3.8, 4) is 0 Å². The van der Waals surface area contributed by atoms with E-state index in [2.05, 4.69) is 60.5 Å². The van der Waals surface area contributed by atoms with Crippen LogP contribution in [0.15, 0.2) is 39.9 Å². The van der Waals surface area contributed by atoms with Gasteiger partial charge in [-0.05, 0) is 21.8 Å². The van der Waals surface area contributed by atoms with E-state index in [9.17, 15) is 4.79 Å². The second-order valence-corrected chi connectivity index (χ2v) is 8.89. The highest BCUT2D eigenvalue weighted by Crippen LogP contribution is 2.35. The Hall–Kier alpha value is -2.72. The molecule has 9 nitrogen and oxygen atoms in total. The van der Waals surface area contributed by atoms with Gasteiger partial charge in [0.1, 0.15) is 11.1 Å². The Morgan fingerprint density at radius 3 is 2.57 bits per heavy atom. The van der Waals surface area contributed by atoms with Crippen molar-refractivity contribution in [2.24, 2.45) is 16.6 Å². The van der Waals surface area contributed by atoms with E-state index in [0.29, 0.717) is 5.92 Å². The number of amides is 1. The molecular weight excluding hydrogens is 448 g/mol. The average molecular weight is 474 g/mol. The number of rotatable bonds is 4. The van der Waals surface area contributed by atoms with Gasteiger partial charge in [-0.1, -0.05) is 30.3 Å². The number of carbonyl (C=O) groups excluding carboxylic acids is 1. The zero-order valence-corrected chi connectivity index (χ0v) is 18.2. The van der Waals surface area contributed by atoms with E-state index >= 15 is 0 Å². The van der Waals surface area contributed by atoms with E-state index < -0.39 is 5.91 Å². The number of fused-ring (bicyclic) bond motifs is 3. The van der Waals surface area contributed by atoms with Crippen molar-refractivity contribution in [2.75, 3.05) is 31.1 Å². The fraction of sp³-hybridized carbons (Fsp3) is 0.400. The number of piperidine rings is 3. The number of guanidine groups is 1. The van der Waals surface area contributed by atoms with E-state index in [1.54, 1.807) is 0 Å². The van der Waals surface area contributed by atoms with Gasteiger partial charge in [-0.15, -0.1) is 0 Å². The Morgan fingerprint density at radius 1 is 1.17 bits per heavy atom. The number of nitrogens with two attached hydrogens (primary N) is 3. The first-order valence-electron chi connectivity index (χ1n) is 9.98. The lowest BCUT2D eigenvalue weighted by molar-refractivity contribution is -0.956. The number of aromatic nitrogens is 2. The van der Waals surface area contributed by atoms with Gasteiger partial charge in [0.15, 0.2) is 23.3 Å². The normalized spacial score (nSPS) is 25.8. The molecule has 7 N–H and O–H groups in total. The van der Waals surface area contributed by atoms with Gasteiger partial charge in [0.05, 0.1) is 25.7 Å². The quantitative estimate of drug-likeness (QED) is 0.297. The number of benzene rings is 1. The van der Waals surface area contributed by atoms with Crippen LogP contribution in [0.2, 0.25) is 0 Å². The van der Waals surface area contributed by atoms with Gasteiger partial charge in [0.25, 0.3) is 0 Å². The maximum Gasteiger partial charge on any atom is 0.302 e. The highest BCUT2D eigenvalue weighted by atomic mass is 79.9. The number of hydrogen-bond donors (Lipinski definition) is 4. The van der Waals surface area contributed by atoms with Crippen molar-refractivity contribution in [3.05, 3.63) is 46.2 Å². The van der Waals surface area contributed by atoms with Gasteiger partial charge in [-0.2, -0.15) is 4.99 Å². The number of nitrogen functional groups attached to an aromatic ring is 2. The third-order valence-corrected chi connectivity index (χ3v) is 6.71. The van der Waals surface area contributed by atoms with Gasteiger partial charge >= 0.3 is 5.91 Å². The van der Waals surface area contributed by atoms with Gasteiger partial charge in [0.2, 0.25) is 0 Å². The first-order valence-corrected chi connectivity index (χ1v) is 10.8. The highest BCUT2D eigenvalue weighted by Gasteiger charge is 2.46. The zero-order chi connectivity index (χ0) is 21.3. The molecule has 5 rings (SSSR count). The summed E-state index contributed by atoms with van der Waals surface area (Å²) in [7, 11) is 0. The second kappa shape index (κ2) is 8.19. The van der Waals surface area contributed by atoms with Crippen LogP contribution in [0.1, 0.15) is 28.9 Å². The topological polar surface area (TPSA) is 145 Å². The SMILES string of the molecule is N/C(=N\C(=O)c1nc(Br)c(N)nc1N)N[C@@H]1C[N+]2(Cc3ccccc3)CCC1CC2. The van der Waals surface area contributed by atoms with Crippen LogP contribution in [-0.2, 0) is 6.54 Å². The molecule has 1 aromatic heterocycles. The third-order valence-electron chi connectivity index (χ3n) is 6.13. The van der Waals surface area contributed by atoms with Crippen LogP contribution in [-0.4, -0.2) is 52.0 Å². The Bertz CT molecular complexity index is 972. The summed E-state index contributed by atoms with van der Waals surface area (Å²) < 4.78 is 1.27. The molecule has 2 aromatic rings. The lowest BCUT2D eigenvalue weighted by Crippen LogP contribution is -2.67. The summed E-state index contributed by atoms with van der Waals surface area (Å²) in [6.45, 7) is 4.30. The molecule has 4 heterocycles. The van der Waals surface area contributed by atoms with Crippen LogP contribution in [0.4, 0.5) is 11.6 Å². The molecule has 3 aliphatic rings. The molecule has 30 heavy (non-hydrogen) atoms. The summed E-state index contributed by atoms with van der Waals surface area (Å²) in [6.07, 6.45) is 2.27. The number of nitrogens with one attached hydrogen (secondary N) is 1. The minimum absolute atomic E-state index is 0.0748. The minimum atomic E-state index is -0.653. The fourth-order valence-corrected chi connectivity index (χ4v) is 4.89. The predicted octanol–water partition coefficient (Wildman–Crippen LogP) is 1.26. The van der Waals surface area contributed by atoms with Crippen molar-refractivity contribution in [3.63, 3.8) is 0 Å².